The fourth-order valence-corrected chi connectivity index (χ4v) is 5.44. The van der Waals surface area contributed by atoms with Crippen LogP contribution in [0, 0.1) is 5.92 Å². The summed E-state index contributed by atoms with van der Waals surface area (Å²) < 4.78 is 30.1. The van der Waals surface area contributed by atoms with Crippen LogP contribution in [0.5, 0.6) is 0 Å². The summed E-state index contributed by atoms with van der Waals surface area (Å²) in [7, 11) is -3.25. The molecule has 2 unspecified atom stereocenters. The Balaban J connectivity index is 2.25. The smallest absolute Gasteiger partial charge is 0.160 e. The predicted molar refractivity (Wildman–Crippen MR) is 73.8 cm³/mol. The van der Waals surface area contributed by atoms with E-state index in [1.807, 2.05) is 27.7 Å². The van der Waals surface area contributed by atoms with Crippen molar-refractivity contribution in [2.24, 2.45) is 5.92 Å². The number of carbonyl (C=O) groups excluding carboxylic acids is 1. The molecule has 2 aliphatic rings. The van der Waals surface area contributed by atoms with Crippen molar-refractivity contribution in [1.29, 1.82) is 0 Å². The average Bonchev–Trinajstić information content (AvgIpc) is 2.45. The first-order valence-electron chi connectivity index (χ1n) is 7.01. The molecule has 110 valence electrons. The zero-order chi connectivity index (χ0) is 14.5. The molecule has 19 heavy (non-hydrogen) atoms. The van der Waals surface area contributed by atoms with Gasteiger partial charge in [0.1, 0.15) is 5.25 Å². The molecule has 2 atom stereocenters. The quantitative estimate of drug-likeness (QED) is 0.781. The maximum Gasteiger partial charge on any atom is 0.160 e. The van der Waals surface area contributed by atoms with Crippen molar-refractivity contribution in [3.63, 3.8) is 0 Å². The summed E-state index contributed by atoms with van der Waals surface area (Å²) in [5, 5.41) is -0.803. The lowest BCUT2D eigenvalue weighted by molar-refractivity contribution is -0.129. The number of hydrogen-bond donors (Lipinski definition) is 0. The topological polar surface area (TPSA) is 60.4 Å². The lowest BCUT2D eigenvalue weighted by Gasteiger charge is -2.30. The van der Waals surface area contributed by atoms with Gasteiger partial charge in [-0.2, -0.15) is 0 Å². The molecule has 0 radical (unpaired) electrons. The van der Waals surface area contributed by atoms with Crippen LogP contribution >= 0.6 is 0 Å². The molecule has 0 N–H and O–H groups in total. The monoisotopic (exact) mass is 288 g/mol. The number of ether oxygens (including phenoxy) is 1. The Morgan fingerprint density at radius 1 is 1.16 bits per heavy atom. The van der Waals surface area contributed by atoms with Crippen molar-refractivity contribution in [2.75, 3.05) is 5.75 Å². The maximum absolute atomic E-state index is 12.7. The number of hydrogen-bond acceptors (Lipinski definition) is 4. The first-order chi connectivity index (χ1) is 8.55. The van der Waals surface area contributed by atoms with Gasteiger partial charge >= 0.3 is 0 Å². The standard InChI is InChI=1S/C14H24O4S/c1-13(2)9-10(14(3,4)18-13)12(15)11-7-5-6-8-19(11,16)17/h10-11H,5-9H2,1-4H3. The van der Waals surface area contributed by atoms with Crippen molar-refractivity contribution < 1.29 is 17.9 Å². The summed E-state index contributed by atoms with van der Waals surface area (Å²) in [6.07, 6.45) is 2.59. The summed E-state index contributed by atoms with van der Waals surface area (Å²) in [4.78, 5) is 12.7. The number of ketones is 1. The lowest BCUT2D eigenvalue weighted by atomic mass is 9.82. The predicted octanol–water partition coefficient (Wildman–Crippen LogP) is 2.12. The van der Waals surface area contributed by atoms with E-state index in [4.69, 9.17) is 4.74 Å². The van der Waals surface area contributed by atoms with Crippen LogP contribution in [0.2, 0.25) is 0 Å². The van der Waals surface area contributed by atoms with Gasteiger partial charge in [-0.1, -0.05) is 6.42 Å². The van der Waals surface area contributed by atoms with Crippen molar-refractivity contribution in [3.8, 4) is 0 Å². The van der Waals surface area contributed by atoms with Gasteiger partial charge in [0, 0.05) is 0 Å². The van der Waals surface area contributed by atoms with Gasteiger partial charge in [-0.05, 0) is 47.0 Å². The van der Waals surface area contributed by atoms with E-state index in [0.29, 0.717) is 19.3 Å². The molecular formula is C14H24O4S. The van der Waals surface area contributed by atoms with Gasteiger partial charge in [-0.15, -0.1) is 0 Å². The van der Waals surface area contributed by atoms with Crippen molar-refractivity contribution in [2.45, 2.75) is 69.8 Å². The third-order valence-electron chi connectivity index (χ3n) is 4.31. The first kappa shape index (κ1) is 15.0. The molecular weight excluding hydrogens is 264 g/mol. The van der Waals surface area contributed by atoms with Crippen LogP contribution in [-0.2, 0) is 19.4 Å². The minimum Gasteiger partial charge on any atom is -0.369 e. The van der Waals surface area contributed by atoms with Crippen LogP contribution in [0.15, 0.2) is 0 Å². The fourth-order valence-electron chi connectivity index (χ4n) is 3.50. The molecule has 2 saturated heterocycles. The first-order valence-corrected chi connectivity index (χ1v) is 8.72. The highest BCUT2D eigenvalue weighted by molar-refractivity contribution is 7.92. The second-order valence-electron chi connectivity index (χ2n) is 6.98. The molecule has 0 aliphatic carbocycles. The molecule has 0 aromatic carbocycles. The Morgan fingerprint density at radius 2 is 1.79 bits per heavy atom. The van der Waals surface area contributed by atoms with Crippen LogP contribution in [0.3, 0.4) is 0 Å². The van der Waals surface area contributed by atoms with E-state index in [-0.39, 0.29) is 23.1 Å². The van der Waals surface area contributed by atoms with Gasteiger partial charge in [0.2, 0.25) is 0 Å². The van der Waals surface area contributed by atoms with E-state index in [0.717, 1.165) is 6.42 Å². The summed E-state index contributed by atoms with van der Waals surface area (Å²) >= 11 is 0. The van der Waals surface area contributed by atoms with E-state index in [9.17, 15) is 13.2 Å². The Labute approximate surface area is 115 Å². The fraction of sp³-hybridized carbons (Fsp3) is 0.929. The maximum atomic E-state index is 12.7. The lowest BCUT2D eigenvalue weighted by Crippen LogP contribution is -2.44. The normalized spacial score (nSPS) is 36.0. The van der Waals surface area contributed by atoms with Gasteiger partial charge in [0.05, 0.1) is 22.9 Å². The van der Waals surface area contributed by atoms with E-state index < -0.39 is 20.7 Å². The van der Waals surface area contributed by atoms with Gasteiger partial charge < -0.3 is 4.74 Å². The molecule has 0 bridgehead atoms. The molecule has 5 heteroatoms. The van der Waals surface area contributed by atoms with Crippen LogP contribution in [0.4, 0.5) is 0 Å². The highest BCUT2D eigenvalue weighted by Gasteiger charge is 2.52. The van der Waals surface area contributed by atoms with Gasteiger partial charge in [0.25, 0.3) is 0 Å². The molecule has 2 aliphatic heterocycles. The zero-order valence-corrected chi connectivity index (χ0v) is 13.0. The van der Waals surface area contributed by atoms with Gasteiger partial charge in [0.15, 0.2) is 15.6 Å². The molecule has 0 spiro atoms. The second-order valence-corrected chi connectivity index (χ2v) is 9.28. The number of rotatable bonds is 2. The Bertz CT molecular complexity index is 476. The van der Waals surface area contributed by atoms with E-state index in [2.05, 4.69) is 0 Å². The summed E-state index contributed by atoms with van der Waals surface area (Å²) in [5.41, 5.74) is -0.935. The SMILES string of the molecule is CC1(C)CC(C(=O)C2CCCCS2(=O)=O)C(C)(C)O1. The van der Waals surface area contributed by atoms with Crippen LogP contribution < -0.4 is 0 Å². The van der Waals surface area contributed by atoms with Crippen LogP contribution in [-0.4, -0.2) is 36.4 Å². The average molecular weight is 288 g/mol. The van der Waals surface area contributed by atoms with E-state index in [1.165, 1.54) is 0 Å². The molecule has 0 aromatic rings. The molecule has 4 nitrogen and oxygen atoms in total. The Morgan fingerprint density at radius 3 is 2.26 bits per heavy atom. The zero-order valence-electron chi connectivity index (χ0n) is 12.2. The molecule has 0 saturated carbocycles. The van der Waals surface area contributed by atoms with E-state index >= 15 is 0 Å². The van der Waals surface area contributed by atoms with E-state index in [1.54, 1.807) is 0 Å². The second kappa shape index (κ2) is 4.55. The molecule has 0 amide bonds. The third kappa shape index (κ3) is 2.87. The molecule has 0 aromatic heterocycles. The van der Waals surface area contributed by atoms with Gasteiger partial charge in [-0.3, -0.25) is 4.79 Å². The Kier molecular flexibility index (Phi) is 3.59. The molecule has 2 rings (SSSR count). The largest absolute Gasteiger partial charge is 0.369 e. The van der Waals surface area contributed by atoms with Crippen LogP contribution in [0.25, 0.3) is 0 Å². The summed E-state index contributed by atoms with van der Waals surface area (Å²) in [6.45, 7) is 7.69. The highest BCUT2D eigenvalue weighted by Crippen LogP contribution is 2.44. The molecule has 2 heterocycles. The summed E-state index contributed by atoms with van der Waals surface area (Å²) in [6, 6.07) is 0. The minimum atomic E-state index is -3.25. The number of Topliss-reactive ketones (excluding diaryl/α,β-unsaturated/α-hetero) is 1. The summed E-state index contributed by atoms with van der Waals surface area (Å²) in [5.74, 6) is -0.295. The number of sulfone groups is 1. The number of carbonyl (C=O) groups is 1. The highest BCUT2D eigenvalue weighted by atomic mass is 32.2. The third-order valence-corrected chi connectivity index (χ3v) is 6.51. The minimum absolute atomic E-state index is 0.129. The van der Waals surface area contributed by atoms with Crippen molar-refractivity contribution in [3.05, 3.63) is 0 Å². The van der Waals surface area contributed by atoms with Gasteiger partial charge in [-0.25, -0.2) is 8.42 Å². The Hall–Kier alpha value is -0.420. The van der Waals surface area contributed by atoms with Crippen LogP contribution in [0.1, 0.15) is 53.4 Å². The molecule has 2 fully saturated rings. The van der Waals surface area contributed by atoms with Crippen molar-refractivity contribution >= 4 is 15.6 Å². The van der Waals surface area contributed by atoms with Crippen molar-refractivity contribution in [1.82, 2.24) is 0 Å².